The van der Waals surface area contributed by atoms with E-state index in [1.165, 1.54) is 11.8 Å². The van der Waals surface area contributed by atoms with Crippen LogP contribution in [0.25, 0.3) is 11.5 Å². The first-order valence-corrected chi connectivity index (χ1v) is 10.1. The third kappa shape index (κ3) is 3.86. The zero-order chi connectivity index (χ0) is 19.7. The maximum atomic E-state index is 11.8. The fourth-order valence-electron chi connectivity index (χ4n) is 3.40. The van der Waals surface area contributed by atoms with E-state index in [1.807, 2.05) is 19.1 Å². The van der Waals surface area contributed by atoms with Crippen LogP contribution in [0.15, 0.2) is 21.6 Å². The lowest BCUT2D eigenvalue weighted by Crippen LogP contribution is -2.39. The van der Waals surface area contributed by atoms with E-state index in [0.29, 0.717) is 34.5 Å². The molecule has 0 saturated carbocycles. The molecule has 2 aromatic heterocycles. The summed E-state index contributed by atoms with van der Waals surface area (Å²) in [5.74, 6) is 1.41. The maximum Gasteiger partial charge on any atom is 0.232 e. The first-order chi connectivity index (χ1) is 13.5. The smallest absolute Gasteiger partial charge is 0.232 e. The number of rotatable bonds is 6. The first kappa shape index (κ1) is 19.2. The Balaban J connectivity index is 1.58. The predicted molar refractivity (Wildman–Crippen MR) is 106 cm³/mol. The average Bonchev–Trinajstić information content (AvgIpc) is 3.26. The van der Waals surface area contributed by atoms with Gasteiger partial charge in [-0.3, -0.25) is 9.69 Å². The van der Waals surface area contributed by atoms with Gasteiger partial charge in [0, 0.05) is 31.7 Å². The Morgan fingerprint density at radius 1 is 1.36 bits per heavy atom. The minimum Gasteiger partial charge on any atom is -0.460 e. The summed E-state index contributed by atoms with van der Waals surface area (Å²) in [5, 5.41) is 3.38. The number of hydrogen-bond donors (Lipinski definition) is 3. The second-order valence-corrected chi connectivity index (χ2v) is 8.00. The summed E-state index contributed by atoms with van der Waals surface area (Å²) < 4.78 is 11.1. The van der Waals surface area contributed by atoms with Crippen molar-refractivity contribution in [2.24, 2.45) is 11.5 Å². The highest BCUT2D eigenvalue weighted by atomic mass is 32.2. The van der Waals surface area contributed by atoms with E-state index in [1.54, 1.807) is 0 Å². The van der Waals surface area contributed by atoms with Gasteiger partial charge in [-0.25, -0.2) is 9.97 Å². The highest BCUT2D eigenvalue weighted by Gasteiger charge is 2.39. The van der Waals surface area contributed by atoms with Crippen molar-refractivity contribution >= 4 is 23.6 Å². The number of nitrogens with zero attached hydrogens (tertiary/aromatic N) is 3. The van der Waals surface area contributed by atoms with Gasteiger partial charge in [0.05, 0.1) is 19.3 Å². The van der Waals surface area contributed by atoms with E-state index in [-0.39, 0.29) is 0 Å². The van der Waals surface area contributed by atoms with Crippen LogP contribution in [0.5, 0.6) is 0 Å². The number of ether oxygens (including phenoxy) is 1. The molecule has 1 saturated heterocycles. The van der Waals surface area contributed by atoms with Gasteiger partial charge in [0.25, 0.3) is 0 Å². The molecule has 2 unspecified atom stereocenters. The summed E-state index contributed by atoms with van der Waals surface area (Å²) >= 11 is 1.28. The topological polar surface area (TPSA) is 133 Å². The number of furan rings is 1. The molecule has 0 spiro atoms. The van der Waals surface area contributed by atoms with Gasteiger partial charge in [-0.2, -0.15) is 0 Å². The van der Waals surface area contributed by atoms with E-state index < -0.39 is 17.2 Å². The lowest BCUT2D eigenvalue weighted by atomic mass is 10.0. The summed E-state index contributed by atoms with van der Waals surface area (Å²) in [5.41, 5.74) is 13.1. The molecule has 0 aromatic carbocycles. The fraction of sp³-hybridized carbons (Fsp3) is 0.500. The van der Waals surface area contributed by atoms with Gasteiger partial charge in [0.15, 0.2) is 5.76 Å². The second kappa shape index (κ2) is 8.08. The Kier molecular flexibility index (Phi) is 5.54. The molecule has 1 amide bonds. The van der Waals surface area contributed by atoms with Crippen LogP contribution in [0.4, 0.5) is 5.95 Å². The van der Waals surface area contributed by atoms with Crippen LogP contribution < -0.4 is 16.8 Å². The van der Waals surface area contributed by atoms with Crippen LogP contribution in [0.3, 0.4) is 0 Å². The lowest BCUT2D eigenvalue weighted by Gasteiger charge is -2.26. The number of anilines is 1. The quantitative estimate of drug-likeness (QED) is 0.596. The van der Waals surface area contributed by atoms with Crippen molar-refractivity contribution in [1.82, 2.24) is 14.9 Å². The molecule has 150 valence electrons. The fourth-order valence-corrected chi connectivity index (χ4v) is 4.54. The number of hydrogen-bond acceptors (Lipinski definition) is 9. The van der Waals surface area contributed by atoms with Crippen molar-refractivity contribution in [2.45, 2.75) is 23.2 Å². The third-order valence-corrected chi connectivity index (χ3v) is 6.19. The van der Waals surface area contributed by atoms with Gasteiger partial charge in [-0.1, -0.05) is 11.8 Å². The zero-order valence-corrected chi connectivity index (χ0v) is 16.5. The molecule has 0 bridgehead atoms. The number of carbonyl (C=O) groups is 1. The van der Waals surface area contributed by atoms with E-state index in [0.717, 1.165) is 38.6 Å². The van der Waals surface area contributed by atoms with Crippen molar-refractivity contribution in [1.29, 1.82) is 0 Å². The lowest BCUT2D eigenvalue weighted by molar-refractivity contribution is -0.117. The highest BCUT2D eigenvalue weighted by Crippen LogP contribution is 2.46. The van der Waals surface area contributed by atoms with Gasteiger partial charge in [-0.15, -0.1) is 0 Å². The second-order valence-electron chi connectivity index (χ2n) is 6.87. The molecular formula is C18H24N6O3S. The van der Waals surface area contributed by atoms with E-state index in [9.17, 15) is 4.79 Å². The molecule has 2 aromatic rings. The number of morpholine rings is 1. The minimum atomic E-state index is -0.569. The third-order valence-electron chi connectivity index (χ3n) is 4.88. The van der Waals surface area contributed by atoms with Crippen LogP contribution in [0.2, 0.25) is 0 Å². The molecule has 9 nitrogen and oxygen atoms in total. The number of primary amides is 1. The predicted octanol–water partition coefficient (Wildman–Crippen LogP) is 0.749. The first-order valence-electron chi connectivity index (χ1n) is 9.27. The molecular weight excluding hydrogens is 380 g/mol. The van der Waals surface area contributed by atoms with Crippen molar-refractivity contribution in [2.75, 3.05) is 44.7 Å². The van der Waals surface area contributed by atoms with Crippen molar-refractivity contribution < 1.29 is 13.9 Å². The van der Waals surface area contributed by atoms with Crippen LogP contribution in [0, 0.1) is 6.92 Å². The summed E-state index contributed by atoms with van der Waals surface area (Å²) in [6.07, 6.45) is 0. The summed E-state index contributed by atoms with van der Waals surface area (Å²) in [6.45, 7) is 6.82. The van der Waals surface area contributed by atoms with Crippen LogP contribution >= 0.6 is 11.8 Å². The number of amides is 1. The standard InChI is InChI=1S/C18H24N6O3S/c1-10-2-3-11(27-10)14-12-13(19)15(16(20)25)28-17(12)23-18(22-14)21-4-5-24-6-8-26-9-7-24/h2-3,13,15H,4-9,19H2,1H3,(H2,20,25)(H,21,22,23). The normalized spacial score (nSPS) is 22.2. The van der Waals surface area contributed by atoms with Crippen LogP contribution in [-0.2, 0) is 9.53 Å². The molecule has 0 radical (unpaired) electrons. The molecule has 4 rings (SSSR count). The minimum absolute atomic E-state index is 0.459. The van der Waals surface area contributed by atoms with Gasteiger partial charge < -0.3 is 25.9 Å². The Morgan fingerprint density at radius 3 is 2.82 bits per heavy atom. The monoisotopic (exact) mass is 404 g/mol. The molecule has 5 N–H and O–H groups in total. The maximum absolute atomic E-state index is 11.8. The van der Waals surface area contributed by atoms with E-state index in [2.05, 4.69) is 20.2 Å². The summed E-state index contributed by atoms with van der Waals surface area (Å²) in [7, 11) is 0. The summed E-state index contributed by atoms with van der Waals surface area (Å²) in [4.78, 5) is 23.3. The van der Waals surface area contributed by atoms with Gasteiger partial charge in [-0.05, 0) is 19.1 Å². The number of nitrogens with two attached hydrogens (primary N) is 2. The van der Waals surface area contributed by atoms with Crippen LogP contribution in [-0.4, -0.2) is 65.4 Å². The molecule has 2 atom stereocenters. The number of carbonyl (C=O) groups excluding carboxylic acids is 1. The number of fused-ring (bicyclic) bond motifs is 1. The molecule has 2 aliphatic rings. The van der Waals surface area contributed by atoms with Crippen molar-refractivity contribution in [3.8, 4) is 11.5 Å². The van der Waals surface area contributed by atoms with Crippen molar-refractivity contribution in [3.05, 3.63) is 23.5 Å². The zero-order valence-electron chi connectivity index (χ0n) is 15.7. The SMILES string of the molecule is Cc1ccc(-c2nc(NCCN3CCOCC3)nc3c2C(N)C(C(N)=O)S3)o1. The largest absolute Gasteiger partial charge is 0.460 e. The van der Waals surface area contributed by atoms with Gasteiger partial charge in [0.1, 0.15) is 21.7 Å². The number of nitrogens with one attached hydrogen (secondary N) is 1. The van der Waals surface area contributed by atoms with Crippen molar-refractivity contribution in [3.63, 3.8) is 0 Å². The molecule has 4 heterocycles. The molecule has 0 aliphatic carbocycles. The Hall–Kier alpha value is -2.14. The van der Waals surface area contributed by atoms with E-state index >= 15 is 0 Å². The molecule has 2 aliphatic heterocycles. The van der Waals surface area contributed by atoms with Crippen LogP contribution in [0.1, 0.15) is 17.4 Å². The average molecular weight is 404 g/mol. The molecule has 1 fully saturated rings. The van der Waals surface area contributed by atoms with E-state index in [4.69, 9.17) is 20.6 Å². The Bertz CT molecular complexity index is 867. The molecule has 28 heavy (non-hydrogen) atoms. The summed E-state index contributed by atoms with van der Waals surface area (Å²) in [6, 6.07) is 3.15. The Morgan fingerprint density at radius 2 is 2.14 bits per heavy atom. The molecule has 10 heteroatoms. The van der Waals surface area contributed by atoms with Gasteiger partial charge in [0.2, 0.25) is 11.9 Å². The number of aryl methyl sites for hydroxylation is 1. The Labute approximate surface area is 167 Å². The number of thioether (sulfide) groups is 1. The number of aromatic nitrogens is 2. The van der Waals surface area contributed by atoms with Gasteiger partial charge >= 0.3 is 0 Å². The highest BCUT2D eigenvalue weighted by molar-refractivity contribution is 8.01.